The van der Waals surface area contributed by atoms with Crippen molar-refractivity contribution in [2.24, 2.45) is 10.4 Å². The summed E-state index contributed by atoms with van der Waals surface area (Å²) in [6.45, 7) is 4.18. The predicted molar refractivity (Wildman–Crippen MR) is 52.5 cm³/mol. The van der Waals surface area contributed by atoms with E-state index in [9.17, 15) is 0 Å². The van der Waals surface area contributed by atoms with Crippen molar-refractivity contribution in [3.05, 3.63) is 22.8 Å². The molecular weight excluding hydrogens is 162 g/mol. The smallest absolute Gasteiger partial charge is 0.0914 e. The lowest BCUT2D eigenvalue weighted by atomic mass is 9.95. The van der Waals surface area contributed by atoms with Gasteiger partial charge in [0.1, 0.15) is 0 Å². The van der Waals surface area contributed by atoms with Crippen molar-refractivity contribution in [2.45, 2.75) is 13.8 Å². The van der Waals surface area contributed by atoms with Gasteiger partial charge < -0.3 is 0 Å². The third kappa shape index (κ3) is 1.64. The lowest BCUT2D eigenvalue weighted by Crippen LogP contribution is -2.30. The molecule has 0 bridgehead atoms. The summed E-state index contributed by atoms with van der Waals surface area (Å²) in [6, 6.07) is 1.91. The van der Waals surface area contributed by atoms with E-state index in [1.807, 2.05) is 18.5 Å². The molecule has 0 saturated heterocycles. The Balaban J connectivity index is 2.77. The van der Waals surface area contributed by atoms with E-state index in [2.05, 4.69) is 35.1 Å². The molecular formula is C10H11N3. The van der Waals surface area contributed by atoms with Gasteiger partial charge in [-0.2, -0.15) is 10.2 Å². The minimum Gasteiger partial charge on any atom is -0.267 e. The average molecular weight is 173 g/mol. The van der Waals surface area contributed by atoms with Crippen LogP contribution in [-0.2, 0) is 0 Å². The molecule has 0 amide bonds. The van der Waals surface area contributed by atoms with E-state index in [-0.39, 0.29) is 5.41 Å². The second kappa shape index (κ2) is 2.76. The number of aliphatic imine (C=N–C) groups is 1. The zero-order valence-electron chi connectivity index (χ0n) is 7.73. The van der Waals surface area contributed by atoms with Crippen molar-refractivity contribution in [3.63, 3.8) is 0 Å². The first-order valence-electron chi connectivity index (χ1n) is 4.22. The highest BCUT2D eigenvalue weighted by atomic mass is 15.1. The lowest BCUT2D eigenvalue weighted by molar-refractivity contribution is 0.736. The maximum Gasteiger partial charge on any atom is 0.0914 e. The zero-order valence-corrected chi connectivity index (χ0v) is 7.73. The van der Waals surface area contributed by atoms with E-state index in [4.69, 9.17) is 0 Å². The van der Waals surface area contributed by atoms with Gasteiger partial charge in [0, 0.05) is 23.0 Å². The summed E-state index contributed by atoms with van der Waals surface area (Å²) in [5.74, 6) is 0. The molecule has 0 aliphatic carbocycles. The van der Waals surface area contributed by atoms with Crippen LogP contribution in [0.1, 0.15) is 13.8 Å². The molecule has 1 aliphatic heterocycles. The topological polar surface area (TPSA) is 38.1 Å². The Bertz CT molecular complexity index is 457. The first-order valence-corrected chi connectivity index (χ1v) is 4.22. The van der Waals surface area contributed by atoms with Crippen LogP contribution in [0.4, 0.5) is 0 Å². The Labute approximate surface area is 76.5 Å². The molecule has 66 valence electrons. The van der Waals surface area contributed by atoms with Gasteiger partial charge in [-0.3, -0.25) is 4.99 Å². The quantitative estimate of drug-likeness (QED) is 0.558. The molecule has 1 aliphatic rings. The number of hydrogen-bond acceptors (Lipinski definition) is 3. The number of rotatable bonds is 0. The molecule has 0 radical (unpaired) electrons. The summed E-state index contributed by atoms with van der Waals surface area (Å²) < 4.78 is 0. The van der Waals surface area contributed by atoms with Gasteiger partial charge in [0.15, 0.2) is 0 Å². The first kappa shape index (κ1) is 8.10. The van der Waals surface area contributed by atoms with Gasteiger partial charge in [-0.25, -0.2) is 0 Å². The predicted octanol–water partition coefficient (Wildman–Crippen LogP) is 0.106. The van der Waals surface area contributed by atoms with Crippen LogP contribution in [-0.4, -0.2) is 16.4 Å². The molecule has 2 rings (SSSR count). The van der Waals surface area contributed by atoms with E-state index < -0.39 is 0 Å². The Hall–Kier alpha value is -1.51. The van der Waals surface area contributed by atoms with Crippen LogP contribution in [0.25, 0.3) is 12.3 Å². The van der Waals surface area contributed by atoms with Crippen LogP contribution >= 0.6 is 0 Å². The Morgan fingerprint density at radius 2 is 2.15 bits per heavy atom. The van der Waals surface area contributed by atoms with Gasteiger partial charge in [0.2, 0.25) is 0 Å². The molecule has 13 heavy (non-hydrogen) atoms. The van der Waals surface area contributed by atoms with Crippen molar-refractivity contribution in [1.82, 2.24) is 10.2 Å². The van der Waals surface area contributed by atoms with Gasteiger partial charge in [-0.15, -0.1) is 0 Å². The van der Waals surface area contributed by atoms with Crippen molar-refractivity contribution in [2.75, 3.05) is 0 Å². The van der Waals surface area contributed by atoms with Crippen molar-refractivity contribution in [1.29, 1.82) is 0 Å². The fourth-order valence-electron chi connectivity index (χ4n) is 1.27. The molecule has 0 fully saturated rings. The van der Waals surface area contributed by atoms with Crippen LogP contribution < -0.4 is 10.6 Å². The summed E-state index contributed by atoms with van der Waals surface area (Å²) >= 11 is 0. The fraction of sp³-hybridized carbons (Fsp3) is 0.300. The average Bonchev–Trinajstić information content (AvgIpc) is 2.21. The second-order valence-electron chi connectivity index (χ2n) is 3.74. The van der Waals surface area contributed by atoms with Crippen LogP contribution in [0, 0.1) is 5.41 Å². The Kier molecular flexibility index (Phi) is 1.72. The monoisotopic (exact) mass is 173 g/mol. The number of aromatic nitrogens is 2. The molecule has 1 aromatic heterocycles. The molecule has 0 spiro atoms. The maximum absolute atomic E-state index is 4.22. The summed E-state index contributed by atoms with van der Waals surface area (Å²) in [5, 5.41) is 9.84. The van der Waals surface area contributed by atoms with Crippen LogP contribution in [0.2, 0.25) is 0 Å². The molecule has 0 atom stereocenters. The highest BCUT2D eigenvalue weighted by Crippen LogP contribution is 2.13. The molecule has 0 N–H and O–H groups in total. The SMILES string of the molecule is CC1(C)C=NC=c2ccnnc2=C1. The van der Waals surface area contributed by atoms with Crippen molar-refractivity contribution in [3.8, 4) is 0 Å². The first-order chi connectivity index (χ1) is 6.17. The third-order valence-corrected chi connectivity index (χ3v) is 1.91. The number of hydrogen-bond donors (Lipinski definition) is 0. The van der Waals surface area contributed by atoms with E-state index in [1.165, 1.54) is 0 Å². The summed E-state index contributed by atoms with van der Waals surface area (Å²) in [4.78, 5) is 4.22. The summed E-state index contributed by atoms with van der Waals surface area (Å²) in [5.41, 5.74) is -0.0439. The molecule has 2 heterocycles. The molecule has 0 unspecified atom stereocenters. The lowest BCUT2D eigenvalue weighted by Gasteiger charge is -2.10. The molecule has 0 saturated carbocycles. The fourth-order valence-corrected chi connectivity index (χ4v) is 1.27. The minimum absolute atomic E-state index is 0.0439. The van der Waals surface area contributed by atoms with E-state index in [0.717, 1.165) is 10.6 Å². The van der Waals surface area contributed by atoms with Gasteiger partial charge in [0.05, 0.1) is 11.5 Å². The Morgan fingerprint density at radius 1 is 1.31 bits per heavy atom. The van der Waals surface area contributed by atoms with Crippen LogP contribution in [0.15, 0.2) is 17.3 Å². The standard InChI is InChI=1S/C10H11N3/c1-10(2)5-9-8(6-11-7-10)3-4-12-13-9/h3-7H,1-2H3. The van der Waals surface area contributed by atoms with E-state index in [1.54, 1.807) is 6.20 Å². The normalized spacial score (nSPS) is 18.0. The van der Waals surface area contributed by atoms with Gasteiger partial charge in [-0.1, -0.05) is 13.8 Å². The maximum atomic E-state index is 4.22. The van der Waals surface area contributed by atoms with E-state index >= 15 is 0 Å². The zero-order chi connectivity index (χ0) is 9.31. The molecule has 1 aromatic rings. The summed E-state index contributed by atoms with van der Waals surface area (Å²) in [7, 11) is 0. The highest BCUT2D eigenvalue weighted by Gasteiger charge is 2.11. The van der Waals surface area contributed by atoms with Gasteiger partial charge >= 0.3 is 0 Å². The van der Waals surface area contributed by atoms with Crippen molar-refractivity contribution >= 4 is 18.5 Å². The number of nitrogens with zero attached hydrogens (tertiary/aromatic N) is 3. The third-order valence-electron chi connectivity index (χ3n) is 1.91. The number of fused-ring (bicyclic) bond motifs is 1. The molecule has 0 aromatic carbocycles. The minimum atomic E-state index is -0.0439. The van der Waals surface area contributed by atoms with Gasteiger partial charge in [0.25, 0.3) is 0 Å². The van der Waals surface area contributed by atoms with Crippen LogP contribution in [0.3, 0.4) is 0 Å². The highest BCUT2D eigenvalue weighted by molar-refractivity contribution is 5.76. The molecule has 3 nitrogen and oxygen atoms in total. The second-order valence-corrected chi connectivity index (χ2v) is 3.74. The van der Waals surface area contributed by atoms with E-state index in [0.29, 0.717) is 0 Å². The summed E-state index contributed by atoms with van der Waals surface area (Å²) in [6.07, 6.45) is 7.48. The largest absolute Gasteiger partial charge is 0.267 e. The Morgan fingerprint density at radius 3 is 3.00 bits per heavy atom. The van der Waals surface area contributed by atoms with Crippen molar-refractivity contribution < 1.29 is 0 Å². The molecule has 3 heteroatoms. The van der Waals surface area contributed by atoms with Crippen LogP contribution in [0.5, 0.6) is 0 Å². The van der Waals surface area contributed by atoms with Gasteiger partial charge in [-0.05, 0) is 12.1 Å².